The van der Waals surface area contributed by atoms with Crippen molar-refractivity contribution in [3.63, 3.8) is 0 Å². The zero-order chi connectivity index (χ0) is 8.55. The molecule has 0 saturated carbocycles. The molecule has 1 aromatic carbocycles. The second-order valence-corrected chi connectivity index (χ2v) is 5.25. The Morgan fingerprint density at radius 3 is 2.75 bits per heavy atom. The summed E-state index contributed by atoms with van der Waals surface area (Å²) in [6, 6.07) is 10.1. The van der Waals surface area contributed by atoms with Crippen LogP contribution in [0.15, 0.2) is 34.5 Å². The Balaban J connectivity index is 2.70. The monoisotopic (exact) mass is 196 g/mol. The Bertz CT molecular complexity index is 398. The summed E-state index contributed by atoms with van der Waals surface area (Å²) in [5, 5.41) is 1.19. The van der Waals surface area contributed by atoms with E-state index in [1.807, 2.05) is 24.3 Å². The van der Waals surface area contributed by atoms with E-state index >= 15 is 0 Å². The molecule has 3 heteroatoms. The normalized spacial score (nSPS) is 13.4. The Morgan fingerprint density at radius 1 is 1.33 bits per heavy atom. The van der Waals surface area contributed by atoms with Crippen LogP contribution in [0, 0.1) is 0 Å². The fourth-order valence-electron chi connectivity index (χ4n) is 1.10. The van der Waals surface area contributed by atoms with Crippen molar-refractivity contribution in [2.75, 3.05) is 6.26 Å². The van der Waals surface area contributed by atoms with E-state index in [-0.39, 0.29) is 0 Å². The van der Waals surface area contributed by atoms with Crippen LogP contribution in [-0.4, -0.2) is 10.5 Å². The lowest BCUT2D eigenvalue weighted by atomic mass is 10.3. The molecule has 0 N–H and O–H groups in total. The molecule has 0 aliphatic rings. The van der Waals surface area contributed by atoms with Gasteiger partial charge in [0.05, 0.1) is 15.0 Å². The van der Waals surface area contributed by atoms with Crippen LogP contribution in [-0.2, 0) is 10.8 Å². The number of thiophene rings is 1. The first kappa shape index (κ1) is 7.95. The smallest absolute Gasteiger partial charge is 0.0920 e. The molecule has 0 bridgehead atoms. The van der Waals surface area contributed by atoms with Crippen molar-refractivity contribution in [3.05, 3.63) is 30.3 Å². The summed E-state index contributed by atoms with van der Waals surface area (Å²) in [6.45, 7) is 0. The molecule has 1 unspecified atom stereocenters. The van der Waals surface area contributed by atoms with E-state index in [2.05, 4.69) is 6.07 Å². The molecule has 1 aromatic heterocycles. The van der Waals surface area contributed by atoms with E-state index in [4.69, 9.17) is 0 Å². The number of fused-ring (bicyclic) bond motifs is 1. The maximum atomic E-state index is 11.1. The highest BCUT2D eigenvalue weighted by atomic mass is 32.2. The van der Waals surface area contributed by atoms with Crippen LogP contribution in [0.5, 0.6) is 0 Å². The first-order valence-electron chi connectivity index (χ1n) is 3.59. The second-order valence-electron chi connectivity index (χ2n) is 2.56. The van der Waals surface area contributed by atoms with Crippen LogP contribution in [0.1, 0.15) is 0 Å². The van der Waals surface area contributed by atoms with E-state index in [1.165, 1.54) is 10.1 Å². The number of rotatable bonds is 1. The van der Waals surface area contributed by atoms with Gasteiger partial charge in [-0.05, 0) is 17.5 Å². The molecule has 0 aliphatic carbocycles. The van der Waals surface area contributed by atoms with Crippen molar-refractivity contribution < 1.29 is 4.21 Å². The highest BCUT2D eigenvalue weighted by Gasteiger charge is 2.02. The van der Waals surface area contributed by atoms with Crippen LogP contribution >= 0.6 is 11.3 Å². The van der Waals surface area contributed by atoms with E-state index in [0.29, 0.717) is 0 Å². The lowest BCUT2D eigenvalue weighted by Crippen LogP contribution is -1.78. The Labute approximate surface area is 77.5 Å². The van der Waals surface area contributed by atoms with Crippen LogP contribution < -0.4 is 0 Å². The van der Waals surface area contributed by atoms with Gasteiger partial charge in [-0.1, -0.05) is 18.2 Å². The third-order valence-corrected chi connectivity index (χ3v) is 4.24. The summed E-state index contributed by atoms with van der Waals surface area (Å²) in [7, 11) is -0.843. The molecule has 0 amide bonds. The summed E-state index contributed by atoms with van der Waals surface area (Å²) in [6.07, 6.45) is 1.71. The second kappa shape index (κ2) is 2.99. The lowest BCUT2D eigenvalue weighted by Gasteiger charge is -1.82. The highest BCUT2D eigenvalue weighted by Crippen LogP contribution is 2.26. The molecule has 1 atom stereocenters. The van der Waals surface area contributed by atoms with Crippen molar-refractivity contribution in [1.82, 2.24) is 0 Å². The minimum atomic E-state index is -0.843. The average molecular weight is 196 g/mol. The third kappa shape index (κ3) is 1.30. The molecule has 12 heavy (non-hydrogen) atoms. The maximum Gasteiger partial charge on any atom is 0.0920 e. The first-order chi connectivity index (χ1) is 5.77. The van der Waals surface area contributed by atoms with Gasteiger partial charge in [0.2, 0.25) is 0 Å². The topological polar surface area (TPSA) is 17.1 Å². The van der Waals surface area contributed by atoms with Crippen molar-refractivity contribution in [1.29, 1.82) is 0 Å². The SMILES string of the molecule is CS(=O)c1cc2ccccc2s1. The largest absolute Gasteiger partial charge is 0.254 e. The standard InChI is InChI=1S/C9H8OS2/c1-12(10)9-6-7-4-2-3-5-8(7)11-9/h2-6H,1H3. The fourth-order valence-corrected chi connectivity index (χ4v) is 2.92. The van der Waals surface area contributed by atoms with Gasteiger partial charge in [0, 0.05) is 11.0 Å². The van der Waals surface area contributed by atoms with Crippen LogP contribution in [0.4, 0.5) is 0 Å². The van der Waals surface area contributed by atoms with Gasteiger partial charge >= 0.3 is 0 Å². The van der Waals surface area contributed by atoms with Crippen molar-refractivity contribution in [2.45, 2.75) is 4.21 Å². The van der Waals surface area contributed by atoms with E-state index in [1.54, 1.807) is 17.6 Å². The number of hydrogen-bond donors (Lipinski definition) is 0. The van der Waals surface area contributed by atoms with Gasteiger partial charge in [0.15, 0.2) is 0 Å². The van der Waals surface area contributed by atoms with Gasteiger partial charge in [0.25, 0.3) is 0 Å². The van der Waals surface area contributed by atoms with Crippen LogP contribution in [0.25, 0.3) is 10.1 Å². The Hall–Kier alpha value is -0.670. The molecule has 0 spiro atoms. The lowest BCUT2D eigenvalue weighted by molar-refractivity contribution is 0.688. The van der Waals surface area contributed by atoms with Crippen LogP contribution in [0.2, 0.25) is 0 Å². The van der Waals surface area contributed by atoms with Crippen molar-refractivity contribution in [2.24, 2.45) is 0 Å². The third-order valence-electron chi connectivity index (χ3n) is 1.69. The molecular weight excluding hydrogens is 188 g/mol. The molecule has 62 valence electrons. The van der Waals surface area contributed by atoms with Gasteiger partial charge in [-0.2, -0.15) is 0 Å². The van der Waals surface area contributed by atoms with Gasteiger partial charge in [-0.25, -0.2) is 0 Å². The van der Waals surface area contributed by atoms with Gasteiger partial charge < -0.3 is 0 Å². The number of benzene rings is 1. The van der Waals surface area contributed by atoms with E-state index < -0.39 is 10.8 Å². The molecule has 0 aliphatic heterocycles. The quantitative estimate of drug-likeness (QED) is 0.685. The van der Waals surface area contributed by atoms with Gasteiger partial charge in [-0.3, -0.25) is 4.21 Å². The molecule has 1 heterocycles. The van der Waals surface area contributed by atoms with Gasteiger partial charge in [0.1, 0.15) is 0 Å². The molecular formula is C9H8OS2. The molecule has 2 rings (SSSR count). The first-order valence-corrected chi connectivity index (χ1v) is 5.97. The van der Waals surface area contributed by atoms with Gasteiger partial charge in [-0.15, -0.1) is 11.3 Å². The Morgan fingerprint density at radius 2 is 2.08 bits per heavy atom. The molecule has 2 aromatic rings. The minimum Gasteiger partial charge on any atom is -0.254 e. The summed E-state index contributed by atoms with van der Waals surface area (Å²) < 4.78 is 13.3. The van der Waals surface area contributed by atoms with Crippen molar-refractivity contribution >= 4 is 32.2 Å². The molecule has 0 saturated heterocycles. The van der Waals surface area contributed by atoms with E-state index in [9.17, 15) is 4.21 Å². The zero-order valence-corrected chi connectivity index (χ0v) is 8.24. The minimum absolute atomic E-state index is 0.843. The predicted molar refractivity (Wildman–Crippen MR) is 54.2 cm³/mol. The summed E-state index contributed by atoms with van der Waals surface area (Å²) in [4.78, 5) is 0. The summed E-state index contributed by atoms with van der Waals surface area (Å²) >= 11 is 1.61. The predicted octanol–water partition coefficient (Wildman–Crippen LogP) is 2.64. The van der Waals surface area contributed by atoms with E-state index in [0.717, 1.165) is 4.21 Å². The zero-order valence-electron chi connectivity index (χ0n) is 6.61. The van der Waals surface area contributed by atoms with Crippen molar-refractivity contribution in [3.8, 4) is 0 Å². The summed E-state index contributed by atoms with van der Waals surface area (Å²) in [5.41, 5.74) is 0. The molecule has 0 radical (unpaired) electrons. The molecule has 1 nitrogen and oxygen atoms in total. The fraction of sp³-hybridized carbons (Fsp3) is 0.111. The Kier molecular flexibility index (Phi) is 1.98. The van der Waals surface area contributed by atoms with Crippen LogP contribution in [0.3, 0.4) is 0 Å². The molecule has 0 fully saturated rings. The average Bonchev–Trinajstić information content (AvgIpc) is 2.46. The maximum absolute atomic E-state index is 11.1. The number of hydrogen-bond acceptors (Lipinski definition) is 2. The highest BCUT2D eigenvalue weighted by molar-refractivity contribution is 7.86. The summed E-state index contributed by atoms with van der Waals surface area (Å²) in [5.74, 6) is 0.